The lowest BCUT2D eigenvalue weighted by molar-refractivity contribution is -0.144. The third kappa shape index (κ3) is 2.05. The lowest BCUT2D eigenvalue weighted by Crippen LogP contribution is -2.29. The van der Waals surface area contributed by atoms with E-state index in [0.717, 1.165) is 0 Å². The van der Waals surface area contributed by atoms with Crippen molar-refractivity contribution in [3.8, 4) is 0 Å². The molecule has 1 atom stereocenters. The van der Waals surface area contributed by atoms with E-state index in [4.69, 9.17) is 5.11 Å². The zero-order valence-electron chi connectivity index (χ0n) is 6.15. The second-order valence-electron chi connectivity index (χ2n) is 2.57. The number of aliphatic carboxylic acids is 1. The summed E-state index contributed by atoms with van der Waals surface area (Å²) >= 11 is 0. The van der Waals surface area contributed by atoms with Crippen molar-refractivity contribution in [3.63, 3.8) is 0 Å². The van der Waals surface area contributed by atoms with Gasteiger partial charge in [0.25, 0.3) is 0 Å². The van der Waals surface area contributed by atoms with Gasteiger partial charge in [0.15, 0.2) is 0 Å². The largest absolute Gasteiger partial charge is 0.481 e. The average molecular weight is 176 g/mol. The van der Waals surface area contributed by atoms with Crippen molar-refractivity contribution in [1.82, 2.24) is 0 Å². The maximum absolute atomic E-state index is 10.6. The highest BCUT2D eigenvalue weighted by Crippen LogP contribution is 2.20. The van der Waals surface area contributed by atoms with Crippen molar-refractivity contribution in [2.45, 2.75) is 6.92 Å². The summed E-state index contributed by atoms with van der Waals surface area (Å²) in [6.45, 7) is 2.00. The third-order valence-corrected chi connectivity index (χ3v) is 1.56. The smallest absolute Gasteiger partial charge is 0.315 e. The number of aliphatic imine (C=N–C) groups is 1. The summed E-state index contributed by atoms with van der Waals surface area (Å²) in [5.41, 5.74) is -0.783. The normalized spacial score (nSPS) is 27.7. The van der Waals surface area contributed by atoms with Crippen LogP contribution in [0.5, 0.6) is 0 Å². The molecule has 0 radical (unpaired) electrons. The van der Waals surface area contributed by atoms with Crippen molar-refractivity contribution in [2.24, 2.45) is 10.4 Å². The first-order valence-electron chi connectivity index (χ1n) is 3.06. The van der Waals surface area contributed by atoms with E-state index in [1.807, 2.05) is 0 Å². The van der Waals surface area contributed by atoms with Gasteiger partial charge in [-0.2, -0.15) is 0 Å². The summed E-state index contributed by atoms with van der Waals surface area (Å²) in [7, 11) is 0. The van der Waals surface area contributed by atoms with Gasteiger partial charge in [-0.3, -0.25) is 9.79 Å². The Bertz CT molecular complexity index is 212. The quantitative estimate of drug-likeness (QED) is 0.650. The van der Waals surface area contributed by atoms with Gasteiger partial charge in [0.2, 0.25) is 0 Å². The van der Waals surface area contributed by atoms with Gasteiger partial charge in [0.1, 0.15) is 5.41 Å². The summed E-state index contributed by atoms with van der Waals surface area (Å²) in [5, 5.41) is 8.67. The van der Waals surface area contributed by atoms with Crippen molar-refractivity contribution >= 4 is 24.6 Å². The number of dihydropyridines is 1. The number of hydrogen-bond donors (Lipinski definition) is 1. The Labute approximate surface area is 71.2 Å². The number of halogens is 1. The molecule has 0 saturated heterocycles. The Morgan fingerprint density at radius 3 is 2.64 bits per heavy atom. The molecular formula is C7H10ClNO2. The zero-order chi connectivity index (χ0) is 7.61. The standard InChI is InChI=1S/C7H9NO2.ClH/c1-7(6(9)10)3-2-4-8-5-7;/h2-4H,5H2,1H3,(H,9,10);1H/t7-;/m1./s1. The van der Waals surface area contributed by atoms with Crippen LogP contribution in [-0.2, 0) is 4.79 Å². The summed E-state index contributed by atoms with van der Waals surface area (Å²) < 4.78 is 0. The van der Waals surface area contributed by atoms with E-state index in [2.05, 4.69) is 4.99 Å². The lowest BCUT2D eigenvalue weighted by atomic mass is 9.89. The molecule has 0 aliphatic carbocycles. The number of rotatable bonds is 1. The van der Waals surface area contributed by atoms with Crippen LogP contribution in [0.25, 0.3) is 0 Å². The van der Waals surface area contributed by atoms with Crippen LogP contribution in [0.3, 0.4) is 0 Å². The van der Waals surface area contributed by atoms with E-state index < -0.39 is 11.4 Å². The van der Waals surface area contributed by atoms with E-state index >= 15 is 0 Å². The monoisotopic (exact) mass is 175 g/mol. The van der Waals surface area contributed by atoms with Crippen molar-refractivity contribution in [2.75, 3.05) is 6.54 Å². The highest BCUT2D eigenvalue weighted by Gasteiger charge is 2.30. The first-order chi connectivity index (χ1) is 4.65. The summed E-state index contributed by atoms with van der Waals surface area (Å²) in [6.07, 6.45) is 4.94. The molecular weight excluding hydrogens is 166 g/mol. The van der Waals surface area contributed by atoms with Crippen LogP contribution in [0.2, 0.25) is 0 Å². The topological polar surface area (TPSA) is 49.7 Å². The Morgan fingerprint density at radius 1 is 1.73 bits per heavy atom. The van der Waals surface area contributed by atoms with Crippen LogP contribution in [0.15, 0.2) is 17.1 Å². The Morgan fingerprint density at radius 2 is 2.36 bits per heavy atom. The van der Waals surface area contributed by atoms with Crippen molar-refractivity contribution in [3.05, 3.63) is 12.2 Å². The minimum Gasteiger partial charge on any atom is -0.481 e. The van der Waals surface area contributed by atoms with Gasteiger partial charge in [0, 0.05) is 6.21 Å². The molecule has 0 amide bonds. The number of carboxylic acid groups (broad SMARTS) is 1. The molecule has 4 heteroatoms. The van der Waals surface area contributed by atoms with Gasteiger partial charge in [-0.1, -0.05) is 6.08 Å². The molecule has 1 aliphatic rings. The fraction of sp³-hybridized carbons (Fsp3) is 0.429. The number of carbonyl (C=O) groups is 1. The van der Waals surface area contributed by atoms with Crippen LogP contribution in [-0.4, -0.2) is 23.8 Å². The molecule has 1 N–H and O–H groups in total. The molecule has 0 saturated carbocycles. The van der Waals surface area contributed by atoms with Crippen LogP contribution < -0.4 is 0 Å². The van der Waals surface area contributed by atoms with Gasteiger partial charge in [-0.05, 0) is 13.0 Å². The maximum atomic E-state index is 10.6. The van der Waals surface area contributed by atoms with Gasteiger partial charge < -0.3 is 5.11 Å². The highest BCUT2D eigenvalue weighted by molar-refractivity contribution is 5.85. The van der Waals surface area contributed by atoms with Gasteiger partial charge in [-0.15, -0.1) is 12.4 Å². The fourth-order valence-electron chi connectivity index (χ4n) is 0.750. The molecule has 0 aromatic rings. The van der Waals surface area contributed by atoms with Crippen LogP contribution in [0.1, 0.15) is 6.92 Å². The second-order valence-corrected chi connectivity index (χ2v) is 2.57. The second kappa shape index (κ2) is 3.53. The third-order valence-electron chi connectivity index (χ3n) is 1.56. The minimum absolute atomic E-state index is 0. The number of carboxylic acids is 1. The first kappa shape index (κ1) is 10.2. The lowest BCUT2D eigenvalue weighted by Gasteiger charge is -2.19. The first-order valence-corrected chi connectivity index (χ1v) is 3.06. The zero-order valence-corrected chi connectivity index (χ0v) is 6.97. The number of nitrogens with zero attached hydrogens (tertiary/aromatic N) is 1. The number of hydrogen-bond acceptors (Lipinski definition) is 2. The molecule has 1 aliphatic heterocycles. The molecule has 62 valence electrons. The molecule has 3 nitrogen and oxygen atoms in total. The average Bonchev–Trinajstić information content (AvgIpc) is 1.89. The predicted molar refractivity (Wildman–Crippen MR) is 45.5 cm³/mol. The molecule has 0 bridgehead atoms. The molecule has 0 spiro atoms. The number of allylic oxidation sites excluding steroid dienone is 1. The molecule has 1 heterocycles. The predicted octanol–water partition coefficient (Wildman–Crippen LogP) is 1.14. The van der Waals surface area contributed by atoms with Crippen molar-refractivity contribution in [1.29, 1.82) is 0 Å². The summed E-state index contributed by atoms with van der Waals surface area (Å²) in [5.74, 6) is -0.819. The summed E-state index contributed by atoms with van der Waals surface area (Å²) in [4.78, 5) is 14.4. The molecule has 0 fully saturated rings. The molecule has 1 rings (SSSR count). The van der Waals surface area contributed by atoms with Crippen LogP contribution in [0.4, 0.5) is 0 Å². The van der Waals surface area contributed by atoms with E-state index in [9.17, 15) is 4.79 Å². The Kier molecular flexibility index (Phi) is 3.26. The van der Waals surface area contributed by atoms with Gasteiger partial charge >= 0.3 is 5.97 Å². The minimum atomic E-state index is -0.819. The maximum Gasteiger partial charge on any atom is 0.315 e. The van der Waals surface area contributed by atoms with Gasteiger partial charge in [0.05, 0.1) is 6.54 Å². The van der Waals surface area contributed by atoms with Gasteiger partial charge in [-0.25, -0.2) is 0 Å². The van der Waals surface area contributed by atoms with E-state index in [0.29, 0.717) is 6.54 Å². The van der Waals surface area contributed by atoms with Crippen molar-refractivity contribution < 1.29 is 9.90 Å². The van der Waals surface area contributed by atoms with E-state index in [-0.39, 0.29) is 12.4 Å². The van der Waals surface area contributed by atoms with Crippen LogP contribution in [0, 0.1) is 5.41 Å². The van der Waals surface area contributed by atoms with E-state index in [1.54, 1.807) is 25.3 Å². The molecule has 11 heavy (non-hydrogen) atoms. The van der Waals surface area contributed by atoms with Crippen LogP contribution >= 0.6 is 12.4 Å². The fourth-order valence-corrected chi connectivity index (χ4v) is 0.750. The Balaban J connectivity index is 0.000001000. The Hall–Kier alpha value is -0.830. The SMILES string of the molecule is C[C@@]1(C(=O)O)C=CC=NC1.Cl. The molecule has 0 aromatic heterocycles. The summed E-state index contributed by atoms with van der Waals surface area (Å²) in [6, 6.07) is 0. The van der Waals surface area contributed by atoms with E-state index in [1.165, 1.54) is 0 Å². The highest BCUT2D eigenvalue weighted by atomic mass is 35.5. The molecule has 0 unspecified atom stereocenters. The molecule has 0 aromatic carbocycles.